The number of nitrogens with one attached hydrogen (secondary N) is 1. The van der Waals surface area contributed by atoms with Gasteiger partial charge in [-0.25, -0.2) is 0 Å². The Morgan fingerprint density at radius 3 is 2.44 bits per heavy atom. The molecule has 146 valence electrons. The molecule has 0 aromatic carbocycles. The number of nitrogens with zero attached hydrogens (tertiary/aromatic N) is 3. The number of aryl methyl sites for hydroxylation is 1. The van der Waals surface area contributed by atoms with Crippen molar-refractivity contribution in [3.8, 4) is 0 Å². The lowest BCUT2D eigenvalue weighted by Gasteiger charge is -2.57. The predicted octanol–water partition coefficient (Wildman–Crippen LogP) is 2.02. The van der Waals surface area contributed by atoms with Crippen molar-refractivity contribution in [3.05, 3.63) is 11.8 Å². The SMILES string of the molecule is Cc1nnc(C(=O)C2SCCN2C(=O)CNC23CC4CC(CC(C4)C2)C3)o1. The minimum Gasteiger partial charge on any atom is -0.419 e. The molecule has 1 amide bonds. The van der Waals surface area contributed by atoms with Crippen molar-refractivity contribution >= 4 is 23.5 Å². The molecule has 8 heteroatoms. The van der Waals surface area contributed by atoms with Gasteiger partial charge in [-0.3, -0.25) is 9.59 Å². The van der Waals surface area contributed by atoms with Crippen LogP contribution < -0.4 is 5.32 Å². The minimum absolute atomic E-state index is 0.00116. The molecular weight excluding hydrogens is 364 g/mol. The number of aromatic nitrogens is 2. The van der Waals surface area contributed by atoms with Crippen LogP contribution in [0, 0.1) is 24.7 Å². The average molecular weight is 391 g/mol. The highest BCUT2D eigenvalue weighted by atomic mass is 32.2. The van der Waals surface area contributed by atoms with E-state index in [4.69, 9.17) is 4.42 Å². The van der Waals surface area contributed by atoms with Gasteiger partial charge in [-0.05, 0) is 56.3 Å². The largest absolute Gasteiger partial charge is 0.419 e. The van der Waals surface area contributed by atoms with Crippen molar-refractivity contribution in [2.24, 2.45) is 17.8 Å². The Bertz CT molecular complexity index is 729. The lowest BCUT2D eigenvalue weighted by atomic mass is 9.53. The number of amides is 1. The van der Waals surface area contributed by atoms with E-state index >= 15 is 0 Å². The molecule has 5 aliphatic rings. The maximum atomic E-state index is 12.9. The van der Waals surface area contributed by atoms with Crippen LogP contribution in [-0.2, 0) is 4.79 Å². The van der Waals surface area contributed by atoms with E-state index in [0.29, 0.717) is 19.0 Å². The van der Waals surface area contributed by atoms with E-state index in [2.05, 4.69) is 15.5 Å². The van der Waals surface area contributed by atoms with Gasteiger partial charge in [0, 0.05) is 24.8 Å². The lowest BCUT2D eigenvalue weighted by Crippen LogP contribution is -2.60. The van der Waals surface area contributed by atoms with Crippen LogP contribution in [0.4, 0.5) is 0 Å². The van der Waals surface area contributed by atoms with Crippen molar-refractivity contribution in [2.45, 2.75) is 56.4 Å². The van der Waals surface area contributed by atoms with E-state index in [0.717, 1.165) is 23.5 Å². The van der Waals surface area contributed by atoms with Gasteiger partial charge in [0.05, 0.1) is 6.54 Å². The van der Waals surface area contributed by atoms with Crippen LogP contribution in [0.1, 0.15) is 55.1 Å². The van der Waals surface area contributed by atoms with E-state index in [1.54, 1.807) is 11.8 Å². The number of thioether (sulfide) groups is 1. The zero-order valence-electron chi connectivity index (χ0n) is 15.6. The van der Waals surface area contributed by atoms with Gasteiger partial charge in [0.15, 0.2) is 0 Å². The van der Waals surface area contributed by atoms with Crippen molar-refractivity contribution in [1.29, 1.82) is 0 Å². The summed E-state index contributed by atoms with van der Waals surface area (Å²) < 4.78 is 5.27. The van der Waals surface area contributed by atoms with E-state index < -0.39 is 5.37 Å². The Labute approximate surface area is 163 Å². The third-order valence-corrected chi connectivity index (χ3v) is 8.03. The molecule has 1 saturated heterocycles. The summed E-state index contributed by atoms with van der Waals surface area (Å²) in [5.41, 5.74) is 0.153. The molecule has 0 spiro atoms. The first-order valence-corrected chi connectivity index (χ1v) is 11.1. The van der Waals surface area contributed by atoms with Gasteiger partial charge < -0.3 is 14.6 Å². The minimum atomic E-state index is -0.546. The number of Topliss-reactive ketones (excluding diaryl/α,β-unsaturated/α-hetero) is 1. The number of hydrogen-bond acceptors (Lipinski definition) is 7. The fourth-order valence-electron chi connectivity index (χ4n) is 6.14. The van der Waals surface area contributed by atoms with Crippen LogP contribution in [0.15, 0.2) is 4.42 Å². The predicted molar refractivity (Wildman–Crippen MR) is 100 cm³/mol. The summed E-state index contributed by atoms with van der Waals surface area (Å²) in [7, 11) is 0. The van der Waals surface area contributed by atoms with Gasteiger partial charge in [0.1, 0.15) is 5.37 Å². The maximum absolute atomic E-state index is 12.9. The second kappa shape index (κ2) is 6.58. The van der Waals surface area contributed by atoms with Crippen LogP contribution in [0.5, 0.6) is 0 Å². The van der Waals surface area contributed by atoms with Crippen molar-refractivity contribution in [2.75, 3.05) is 18.8 Å². The molecule has 1 unspecified atom stereocenters. The number of hydrogen-bond donors (Lipinski definition) is 1. The summed E-state index contributed by atoms with van der Waals surface area (Å²) in [4.78, 5) is 27.3. The lowest BCUT2D eigenvalue weighted by molar-refractivity contribution is -0.131. The number of rotatable bonds is 5. The second-order valence-corrected chi connectivity index (χ2v) is 10.0. The molecule has 5 fully saturated rings. The van der Waals surface area contributed by atoms with E-state index in [1.165, 1.54) is 50.3 Å². The van der Waals surface area contributed by atoms with Crippen LogP contribution in [0.25, 0.3) is 0 Å². The monoisotopic (exact) mass is 390 g/mol. The molecule has 1 N–H and O–H groups in total. The van der Waals surface area contributed by atoms with Crippen LogP contribution in [0.2, 0.25) is 0 Å². The third kappa shape index (κ3) is 3.20. The van der Waals surface area contributed by atoms with E-state index in [9.17, 15) is 9.59 Å². The summed E-state index contributed by atoms with van der Waals surface area (Å²) in [6, 6.07) is 0. The Kier molecular flexibility index (Phi) is 4.31. The molecular formula is C19H26N4O3S. The molecule has 6 rings (SSSR count). The molecule has 1 aromatic rings. The number of ketones is 1. The normalized spacial score (nSPS) is 37.1. The zero-order valence-corrected chi connectivity index (χ0v) is 16.5. The van der Waals surface area contributed by atoms with Gasteiger partial charge in [-0.2, -0.15) is 0 Å². The number of carbonyl (C=O) groups excluding carboxylic acids is 2. The average Bonchev–Trinajstić information content (AvgIpc) is 3.27. The van der Waals surface area contributed by atoms with Crippen molar-refractivity contribution < 1.29 is 14.0 Å². The summed E-state index contributed by atoms with van der Waals surface area (Å²) >= 11 is 1.48. The van der Waals surface area contributed by atoms with Crippen molar-refractivity contribution in [3.63, 3.8) is 0 Å². The quantitative estimate of drug-likeness (QED) is 0.770. The summed E-state index contributed by atoms with van der Waals surface area (Å²) in [6.45, 7) is 2.57. The van der Waals surface area contributed by atoms with Gasteiger partial charge in [-0.1, -0.05) is 0 Å². The topological polar surface area (TPSA) is 88.3 Å². The molecule has 4 saturated carbocycles. The molecule has 1 aromatic heterocycles. The highest BCUT2D eigenvalue weighted by Gasteiger charge is 2.51. The highest BCUT2D eigenvalue weighted by Crippen LogP contribution is 2.55. The first-order valence-electron chi connectivity index (χ1n) is 10.0. The smallest absolute Gasteiger partial charge is 0.287 e. The van der Waals surface area contributed by atoms with E-state index in [-0.39, 0.29) is 23.1 Å². The summed E-state index contributed by atoms with van der Waals surface area (Å²) in [6.07, 6.45) is 7.80. The van der Waals surface area contributed by atoms with Crippen LogP contribution in [-0.4, -0.2) is 56.5 Å². The maximum Gasteiger partial charge on any atom is 0.287 e. The van der Waals surface area contributed by atoms with Gasteiger partial charge in [0.25, 0.3) is 11.7 Å². The Hall–Kier alpha value is -1.41. The molecule has 2 heterocycles. The zero-order chi connectivity index (χ0) is 18.6. The third-order valence-electron chi connectivity index (χ3n) is 6.83. The Morgan fingerprint density at radius 1 is 1.19 bits per heavy atom. The summed E-state index contributed by atoms with van der Waals surface area (Å²) in [5.74, 6) is 3.39. The molecule has 0 radical (unpaired) electrons. The standard InChI is InChI=1S/C19H26N4O3S/c1-11-21-22-17(26-11)16(25)18-23(2-3-27-18)15(24)10-20-19-7-12-4-13(8-19)6-14(5-12)9-19/h12-14,18,20H,2-10H2,1H3. The van der Waals surface area contributed by atoms with Gasteiger partial charge >= 0.3 is 0 Å². The molecule has 27 heavy (non-hydrogen) atoms. The van der Waals surface area contributed by atoms with Crippen molar-refractivity contribution in [1.82, 2.24) is 20.4 Å². The summed E-state index contributed by atoms with van der Waals surface area (Å²) in [5, 5.41) is 10.7. The highest BCUT2D eigenvalue weighted by molar-refractivity contribution is 8.00. The fourth-order valence-corrected chi connectivity index (χ4v) is 7.32. The molecule has 4 aliphatic carbocycles. The van der Waals surface area contributed by atoms with Gasteiger partial charge in [-0.15, -0.1) is 22.0 Å². The fraction of sp³-hybridized carbons (Fsp3) is 0.789. The Balaban J connectivity index is 1.23. The molecule has 1 aliphatic heterocycles. The second-order valence-electron chi connectivity index (χ2n) is 8.85. The molecule has 4 bridgehead atoms. The van der Waals surface area contributed by atoms with E-state index in [1.807, 2.05) is 0 Å². The number of carbonyl (C=O) groups is 2. The Morgan fingerprint density at radius 2 is 1.85 bits per heavy atom. The molecule has 7 nitrogen and oxygen atoms in total. The first-order chi connectivity index (χ1) is 13.0. The molecule has 1 atom stereocenters. The van der Waals surface area contributed by atoms with Crippen LogP contribution >= 0.6 is 11.8 Å². The first kappa shape index (κ1) is 17.7. The van der Waals surface area contributed by atoms with Crippen LogP contribution in [0.3, 0.4) is 0 Å². The van der Waals surface area contributed by atoms with Gasteiger partial charge in [0.2, 0.25) is 11.8 Å².